The van der Waals surface area contributed by atoms with E-state index in [2.05, 4.69) is 48.1 Å². The minimum atomic E-state index is -0.499. The fraction of sp³-hybridized carbons (Fsp3) is 0.500. The second kappa shape index (κ2) is 12.8. The van der Waals surface area contributed by atoms with Gasteiger partial charge in [-0.05, 0) is 86.6 Å². The highest BCUT2D eigenvalue weighted by Crippen LogP contribution is 2.36. The van der Waals surface area contributed by atoms with Crippen LogP contribution in [0.25, 0.3) is 17.2 Å². The quantitative estimate of drug-likeness (QED) is 0.259. The monoisotopic (exact) mass is 451 g/mol. The molecule has 2 nitrogen and oxygen atoms in total. The predicted molar refractivity (Wildman–Crippen MR) is 140 cm³/mol. The summed E-state index contributed by atoms with van der Waals surface area (Å²) in [5.41, 5.74) is 7.63. The minimum Gasteiger partial charge on any atom is -0.389 e. The van der Waals surface area contributed by atoms with E-state index < -0.39 is 6.10 Å². The van der Waals surface area contributed by atoms with Crippen molar-refractivity contribution in [2.45, 2.75) is 92.1 Å². The lowest BCUT2D eigenvalue weighted by molar-refractivity contribution is 0.190. The van der Waals surface area contributed by atoms with Crippen molar-refractivity contribution >= 4 is 6.08 Å². The number of pyridine rings is 1. The number of aryl methyl sites for hydroxylation is 1. The van der Waals surface area contributed by atoms with Gasteiger partial charge in [-0.1, -0.05) is 64.0 Å². The molecule has 1 aromatic heterocycles. The third kappa shape index (κ3) is 7.92. The zero-order valence-electron chi connectivity index (χ0n) is 21.4. The van der Waals surface area contributed by atoms with Crippen LogP contribution in [0, 0.1) is 18.7 Å². The highest BCUT2D eigenvalue weighted by atomic mass is 19.1. The number of halogens is 1. The number of allylic oxidation sites excluding steroid dienone is 1. The molecule has 1 heterocycles. The van der Waals surface area contributed by atoms with Gasteiger partial charge < -0.3 is 5.11 Å². The molecule has 0 unspecified atom stereocenters. The van der Waals surface area contributed by atoms with Crippen molar-refractivity contribution < 1.29 is 9.50 Å². The SMILES string of the molecule is C=C(C)CCCCc1c(C)nc(C(C)C)c(/C=C/[C@@H](O)C[C@@H](C)CC)c1-c1ccc(F)cc1. The summed E-state index contributed by atoms with van der Waals surface area (Å²) in [5.74, 6) is 0.454. The third-order valence-corrected chi connectivity index (χ3v) is 6.36. The lowest BCUT2D eigenvalue weighted by Crippen LogP contribution is -2.10. The molecule has 0 bridgehead atoms. The Balaban J connectivity index is 2.60. The van der Waals surface area contributed by atoms with Crippen LogP contribution in [0.3, 0.4) is 0 Å². The van der Waals surface area contributed by atoms with Crippen LogP contribution in [0.5, 0.6) is 0 Å². The van der Waals surface area contributed by atoms with E-state index in [-0.39, 0.29) is 11.7 Å². The summed E-state index contributed by atoms with van der Waals surface area (Å²) in [6.45, 7) is 16.8. The highest BCUT2D eigenvalue weighted by Gasteiger charge is 2.20. The predicted octanol–water partition coefficient (Wildman–Crippen LogP) is 8.42. The number of hydrogen-bond acceptors (Lipinski definition) is 2. The number of hydrogen-bond donors (Lipinski definition) is 1. The standard InChI is InChI=1S/C30H42FNO/c1-8-22(6)19-26(33)17-18-28-29(24-13-15-25(31)16-14-24)27(12-10-9-11-20(2)3)23(7)32-30(28)21(4)5/h13-18,21-22,26,33H,2,8-12,19H2,1,3-7H3/b18-17+/t22-,26+/m0/s1. The van der Waals surface area contributed by atoms with E-state index in [4.69, 9.17) is 4.98 Å². The van der Waals surface area contributed by atoms with E-state index in [1.165, 1.54) is 23.3 Å². The van der Waals surface area contributed by atoms with Crippen LogP contribution in [0.4, 0.5) is 4.39 Å². The molecular weight excluding hydrogens is 409 g/mol. The summed E-state index contributed by atoms with van der Waals surface area (Å²) in [7, 11) is 0. The lowest BCUT2D eigenvalue weighted by atomic mass is 9.87. The van der Waals surface area contributed by atoms with Gasteiger partial charge in [0.2, 0.25) is 0 Å². The van der Waals surface area contributed by atoms with Crippen molar-refractivity contribution in [2.75, 3.05) is 0 Å². The summed E-state index contributed by atoms with van der Waals surface area (Å²) >= 11 is 0. The molecular formula is C30H42FNO. The second-order valence-corrected chi connectivity index (χ2v) is 9.85. The van der Waals surface area contributed by atoms with Crippen LogP contribution in [-0.2, 0) is 6.42 Å². The van der Waals surface area contributed by atoms with Crippen LogP contribution in [0.15, 0.2) is 42.5 Å². The number of unbranched alkanes of at least 4 members (excludes halogenated alkanes) is 1. The van der Waals surface area contributed by atoms with Crippen molar-refractivity contribution in [2.24, 2.45) is 5.92 Å². The molecule has 0 aliphatic carbocycles. The second-order valence-electron chi connectivity index (χ2n) is 9.85. The van der Waals surface area contributed by atoms with Crippen molar-refractivity contribution in [1.29, 1.82) is 0 Å². The normalized spacial score (nSPS) is 13.6. The summed E-state index contributed by atoms with van der Waals surface area (Å²) in [4.78, 5) is 5.02. The first-order valence-corrected chi connectivity index (χ1v) is 12.4. The molecule has 0 radical (unpaired) electrons. The molecule has 0 spiro atoms. The molecule has 2 rings (SSSR count). The van der Waals surface area contributed by atoms with Crippen molar-refractivity contribution in [3.05, 3.63) is 70.8 Å². The molecule has 0 aliphatic rings. The first-order valence-electron chi connectivity index (χ1n) is 12.4. The van der Waals surface area contributed by atoms with E-state index in [9.17, 15) is 9.50 Å². The van der Waals surface area contributed by atoms with Gasteiger partial charge in [0.05, 0.1) is 11.8 Å². The van der Waals surface area contributed by atoms with Crippen LogP contribution in [-0.4, -0.2) is 16.2 Å². The maximum Gasteiger partial charge on any atom is 0.123 e. The maximum absolute atomic E-state index is 13.8. The molecule has 0 fully saturated rings. The molecule has 180 valence electrons. The van der Waals surface area contributed by atoms with Gasteiger partial charge in [0, 0.05) is 11.3 Å². The van der Waals surface area contributed by atoms with Crippen molar-refractivity contribution in [3.8, 4) is 11.1 Å². The number of aliphatic hydroxyl groups is 1. The van der Waals surface area contributed by atoms with E-state index in [1.807, 2.05) is 24.3 Å². The van der Waals surface area contributed by atoms with Gasteiger partial charge in [0.1, 0.15) is 5.82 Å². The van der Waals surface area contributed by atoms with Gasteiger partial charge in [0.15, 0.2) is 0 Å². The number of aromatic nitrogens is 1. The molecule has 3 heteroatoms. The highest BCUT2D eigenvalue weighted by molar-refractivity contribution is 5.80. The Hall–Kier alpha value is -2.26. The third-order valence-electron chi connectivity index (χ3n) is 6.36. The van der Waals surface area contributed by atoms with Gasteiger partial charge in [0.25, 0.3) is 0 Å². The Morgan fingerprint density at radius 1 is 1.15 bits per heavy atom. The molecule has 2 aromatic rings. The molecule has 0 amide bonds. The zero-order valence-corrected chi connectivity index (χ0v) is 21.4. The average Bonchev–Trinajstić information content (AvgIpc) is 2.76. The van der Waals surface area contributed by atoms with Crippen LogP contribution in [0.2, 0.25) is 0 Å². The van der Waals surface area contributed by atoms with Gasteiger partial charge in [-0.2, -0.15) is 0 Å². The molecule has 0 saturated carbocycles. The summed E-state index contributed by atoms with van der Waals surface area (Å²) in [6.07, 6.45) is 9.30. The number of rotatable bonds is 12. The summed E-state index contributed by atoms with van der Waals surface area (Å²) < 4.78 is 13.8. The summed E-state index contributed by atoms with van der Waals surface area (Å²) in [6, 6.07) is 6.77. The topological polar surface area (TPSA) is 33.1 Å². The van der Waals surface area contributed by atoms with Gasteiger partial charge in [-0.3, -0.25) is 4.98 Å². The van der Waals surface area contributed by atoms with Gasteiger partial charge in [-0.25, -0.2) is 4.39 Å². The first-order chi connectivity index (χ1) is 15.6. The molecule has 33 heavy (non-hydrogen) atoms. The Morgan fingerprint density at radius 2 is 1.82 bits per heavy atom. The Kier molecular flexibility index (Phi) is 10.5. The molecule has 1 aromatic carbocycles. The lowest BCUT2D eigenvalue weighted by Gasteiger charge is -2.21. The number of aliphatic hydroxyl groups excluding tert-OH is 1. The van der Waals surface area contributed by atoms with Crippen LogP contribution >= 0.6 is 0 Å². The Morgan fingerprint density at radius 3 is 2.39 bits per heavy atom. The Bertz CT molecular complexity index is 943. The molecule has 2 atom stereocenters. The average molecular weight is 452 g/mol. The van der Waals surface area contributed by atoms with Crippen LogP contribution < -0.4 is 0 Å². The number of benzene rings is 1. The van der Waals surface area contributed by atoms with Crippen LogP contribution in [0.1, 0.15) is 95.2 Å². The minimum absolute atomic E-state index is 0.228. The largest absolute Gasteiger partial charge is 0.389 e. The summed E-state index contributed by atoms with van der Waals surface area (Å²) in [5, 5.41) is 10.6. The maximum atomic E-state index is 13.8. The van der Waals surface area contributed by atoms with E-state index >= 15 is 0 Å². The molecule has 0 saturated heterocycles. The molecule has 1 N–H and O–H groups in total. The smallest absolute Gasteiger partial charge is 0.123 e. The fourth-order valence-corrected chi connectivity index (χ4v) is 4.23. The van der Waals surface area contributed by atoms with Gasteiger partial charge >= 0.3 is 0 Å². The Labute approximate surface area is 200 Å². The first kappa shape index (κ1) is 27.0. The fourth-order valence-electron chi connectivity index (χ4n) is 4.23. The molecule has 0 aliphatic heterocycles. The number of nitrogens with zero attached hydrogens (tertiary/aromatic N) is 1. The van der Waals surface area contributed by atoms with E-state index in [1.54, 1.807) is 0 Å². The van der Waals surface area contributed by atoms with Crippen molar-refractivity contribution in [1.82, 2.24) is 4.98 Å². The van der Waals surface area contributed by atoms with Crippen molar-refractivity contribution in [3.63, 3.8) is 0 Å². The van der Waals surface area contributed by atoms with E-state index in [0.717, 1.165) is 66.6 Å². The zero-order chi connectivity index (χ0) is 24.5. The van der Waals surface area contributed by atoms with Gasteiger partial charge in [-0.15, -0.1) is 6.58 Å². The van der Waals surface area contributed by atoms with E-state index in [0.29, 0.717) is 5.92 Å².